The first-order valence-electron chi connectivity index (χ1n) is 10.8. The molecule has 4 rings (SSSR count). The molecule has 1 aliphatic rings. The van der Waals surface area contributed by atoms with Crippen LogP contribution in [0.4, 0.5) is 26.3 Å². The number of nitrogens with zero attached hydrogens (tertiary/aromatic N) is 4. The highest BCUT2D eigenvalue weighted by Crippen LogP contribution is 2.33. The van der Waals surface area contributed by atoms with Crippen molar-refractivity contribution in [1.29, 1.82) is 0 Å². The molecule has 10 nitrogen and oxygen atoms in total. The minimum atomic E-state index is -4.89. The van der Waals surface area contributed by atoms with E-state index in [1.165, 1.54) is 0 Å². The Labute approximate surface area is 204 Å². The van der Waals surface area contributed by atoms with E-state index >= 15 is 0 Å². The first-order chi connectivity index (χ1) is 17.4. The van der Waals surface area contributed by atoms with Gasteiger partial charge in [0.1, 0.15) is 24.2 Å². The lowest BCUT2D eigenvalue weighted by Crippen LogP contribution is -2.41. The fraction of sp³-hybridized carbons (Fsp3) is 0.476. The molecule has 0 saturated carbocycles. The van der Waals surface area contributed by atoms with Crippen LogP contribution in [0.25, 0.3) is 11.0 Å². The third-order valence-corrected chi connectivity index (χ3v) is 5.14. The molecule has 3 heterocycles. The van der Waals surface area contributed by atoms with Gasteiger partial charge in [0.15, 0.2) is 0 Å². The highest BCUT2D eigenvalue weighted by molar-refractivity contribution is 5.94. The van der Waals surface area contributed by atoms with E-state index in [0.717, 1.165) is 6.20 Å². The zero-order chi connectivity index (χ0) is 26.8. The molecule has 1 saturated heterocycles. The van der Waals surface area contributed by atoms with Gasteiger partial charge in [0, 0.05) is 13.0 Å². The summed E-state index contributed by atoms with van der Waals surface area (Å²) in [6, 6.07) is 0.655. The maximum absolute atomic E-state index is 13.9. The van der Waals surface area contributed by atoms with Gasteiger partial charge in [-0.1, -0.05) is 5.10 Å². The van der Waals surface area contributed by atoms with E-state index < -0.39 is 48.3 Å². The Balaban J connectivity index is 1.29. The maximum atomic E-state index is 13.9. The highest BCUT2D eigenvalue weighted by Gasteiger charge is 2.35. The minimum absolute atomic E-state index is 0.0545. The summed E-state index contributed by atoms with van der Waals surface area (Å²) in [4.78, 5) is 20.3. The van der Waals surface area contributed by atoms with Crippen molar-refractivity contribution in [3.8, 4) is 6.08 Å². The SMILES string of the molecule is CC(F)(F)OCCOc1nnc([C@@H]2CC[C@@H](NC(=O)c3cnc4cc(C(F)(F)F)c(F)cc4n3)CO2)o1. The Kier molecular flexibility index (Phi) is 7.49. The molecule has 1 amide bonds. The van der Waals surface area contributed by atoms with Gasteiger partial charge < -0.3 is 23.9 Å². The Morgan fingerprint density at radius 2 is 1.92 bits per heavy atom. The number of rotatable bonds is 8. The molecule has 1 fully saturated rings. The van der Waals surface area contributed by atoms with Crippen LogP contribution in [0.2, 0.25) is 0 Å². The summed E-state index contributed by atoms with van der Waals surface area (Å²) in [6.07, 6.45) is -7.23. The molecule has 0 radical (unpaired) electrons. The van der Waals surface area contributed by atoms with Crippen LogP contribution in [-0.2, 0) is 15.7 Å². The van der Waals surface area contributed by atoms with E-state index in [1.807, 2.05) is 0 Å². The van der Waals surface area contributed by atoms with Crippen LogP contribution in [0, 0.1) is 5.82 Å². The van der Waals surface area contributed by atoms with Gasteiger partial charge in [0.25, 0.3) is 5.91 Å². The van der Waals surface area contributed by atoms with Crippen LogP contribution in [0.3, 0.4) is 0 Å². The molecule has 200 valence electrons. The summed E-state index contributed by atoms with van der Waals surface area (Å²) >= 11 is 0. The molecule has 16 heteroatoms. The molecule has 37 heavy (non-hydrogen) atoms. The lowest BCUT2D eigenvalue weighted by atomic mass is 10.0. The molecule has 0 aliphatic carbocycles. The van der Waals surface area contributed by atoms with Crippen LogP contribution in [-0.4, -0.2) is 58.0 Å². The van der Waals surface area contributed by atoms with Crippen molar-refractivity contribution in [3.63, 3.8) is 0 Å². The number of nitrogens with one attached hydrogen (secondary N) is 1. The van der Waals surface area contributed by atoms with Gasteiger partial charge in [-0.25, -0.2) is 9.37 Å². The number of carbonyl (C=O) groups is 1. The average molecular weight is 535 g/mol. The van der Waals surface area contributed by atoms with Crippen LogP contribution < -0.4 is 10.1 Å². The number of carbonyl (C=O) groups excluding carboxylic acids is 1. The zero-order valence-corrected chi connectivity index (χ0v) is 19.0. The van der Waals surface area contributed by atoms with Crippen molar-refractivity contribution >= 4 is 16.9 Å². The van der Waals surface area contributed by atoms with Crippen molar-refractivity contribution < 1.29 is 49.8 Å². The molecule has 2 aromatic heterocycles. The predicted octanol–water partition coefficient (Wildman–Crippen LogP) is 3.83. The average Bonchev–Trinajstić information content (AvgIpc) is 3.29. The van der Waals surface area contributed by atoms with E-state index in [4.69, 9.17) is 13.9 Å². The maximum Gasteiger partial charge on any atom is 0.419 e. The third kappa shape index (κ3) is 6.82. The molecule has 1 aromatic carbocycles. The molecule has 1 aliphatic heterocycles. The molecule has 0 bridgehead atoms. The Bertz CT molecular complexity index is 1260. The summed E-state index contributed by atoms with van der Waals surface area (Å²) in [5.41, 5.74) is -2.11. The smallest absolute Gasteiger partial charge is 0.419 e. The second-order valence-corrected chi connectivity index (χ2v) is 8.05. The van der Waals surface area contributed by atoms with E-state index in [2.05, 4.69) is 30.2 Å². The molecule has 3 aromatic rings. The van der Waals surface area contributed by atoms with Crippen LogP contribution >= 0.6 is 0 Å². The van der Waals surface area contributed by atoms with Crippen molar-refractivity contribution in [2.24, 2.45) is 0 Å². The van der Waals surface area contributed by atoms with E-state index in [1.54, 1.807) is 0 Å². The highest BCUT2D eigenvalue weighted by atomic mass is 19.4. The number of alkyl halides is 5. The fourth-order valence-electron chi connectivity index (χ4n) is 3.44. The monoisotopic (exact) mass is 535 g/mol. The third-order valence-electron chi connectivity index (χ3n) is 5.14. The molecule has 2 atom stereocenters. The number of hydrogen-bond donors (Lipinski definition) is 1. The standard InChI is InChI=1S/C21H19F6N5O5/c1-20(23,24)36-5-4-34-19-32-31-18(37-19)16-3-2-10(9-35-16)29-17(33)15-8-28-13-6-11(21(25,26)27)12(22)7-14(13)30-15/h6-8,10,16H,2-5,9H2,1H3,(H,29,33)/t10-,16+/m1/s1. The van der Waals surface area contributed by atoms with Gasteiger partial charge >= 0.3 is 18.4 Å². The Hall–Kier alpha value is -3.53. The number of benzene rings is 1. The molecule has 0 spiro atoms. The molecule has 0 unspecified atom stereocenters. The second kappa shape index (κ2) is 10.5. The van der Waals surface area contributed by atoms with Gasteiger partial charge in [0.05, 0.1) is 42.0 Å². The van der Waals surface area contributed by atoms with Gasteiger partial charge in [-0.05, 0) is 18.9 Å². The fourth-order valence-corrected chi connectivity index (χ4v) is 3.44. The van der Waals surface area contributed by atoms with Crippen molar-refractivity contribution in [2.45, 2.75) is 44.2 Å². The van der Waals surface area contributed by atoms with Crippen molar-refractivity contribution in [3.05, 3.63) is 41.3 Å². The van der Waals surface area contributed by atoms with Crippen LogP contribution in [0.15, 0.2) is 22.7 Å². The van der Waals surface area contributed by atoms with E-state index in [-0.39, 0.29) is 41.9 Å². The molecule has 1 N–H and O–H groups in total. The number of hydrogen-bond acceptors (Lipinski definition) is 9. The normalized spacial score (nSPS) is 18.7. The predicted molar refractivity (Wildman–Crippen MR) is 110 cm³/mol. The van der Waals surface area contributed by atoms with E-state index in [0.29, 0.717) is 31.9 Å². The number of aromatic nitrogens is 4. The van der Waals surface area contributed by atoms with Gasteiger partial charge in [-0.15, -0.1) is 5.10 Å². The first kappa shape index (κ1) is 26.5. The number of halogens is 6. The zero-order valence-electron chi connectivity index (χ0n) is 19.0. The largest absolute Gasteiger partial charge is 0.447 e. The van der Waals surface area contributed by atoms with Gasteiger partial charge in [-0.3, -0.25) is 9.78 Å². The number of ether oxygens (including phenoxy) is 3. The Morgan fingerprint density at radius 1 is 1.14 bits per heavy atom. The second-order valence-electron chi connectivity index (χ2n) is 8.05. The van der Waals surface area contributed by atoms with Gasteiger partial charge in [0.2, 0.25) is 5.89 Å². The number of fused-ring (bicyclic) bond motifs is 1. The number of amides is 1. The first-order valence-corrected chi connectivity index (χ1v) is 10.8. The van der Waals surface area contributed by atoms with Crippen molar-refractivity contribution in [2.75, 3.05) is 19.8 Å². The van der Waals surface area contributed by atoms with Crippen LogP contribution in [0.5, 0.6) is 6.08 Å². The summed E-state index contributed by atoms with van der Waals surface area (Å²) < 4.78 is 97.9. The topological polar surface area (TPSA) is 121 Å². The quantitative estimate of drug-likeness (QED) is 0.339. The summed E-state index contributed by atoms with van der Waals surface area (Å²) in [5.74, 6) is -2.10. The van der Waals surface area contributed by atoms with Gasteiger partial charge in [-0.2, -0.15) is 22.0 Å². The van der Waals surface area contributed by atoms with E-state index in [9.17, 15) is 31.1 Å². The minimum Gasteiger partial charge on any atom is -0.447 e. The summed E-state index contributed by atoms with van der Waals surface area (Å²) in [5, 5.41) is 10.1. The summed E-state index contributed by atoms with van der Waals surface area (Å²) in [6.45, 7) is 0.0192. The molecular weight excluding hydrogens is 516 g/mol. The van der Waals surface area contributed by atoms with Crippen LogP contribution in [0.1, 0.15) is 47.8 Å². The summed E-state index contributed by atoms with van der Waals surface area (Å²) in [7, 11) is 0. The lowest BCUT2D eigenvalue weighted by molar-refractivity contribution is -0.226. The lowest BCUT2D eigenvalue weighted by Gasteiger charge is -2.27. The van der Waals surface area contributed by atoms with Crippen molar-refractivity contribution in [1.82, 2.24) is 25.5 Å². The Morgan fingerprint density at radius 3 is 2.59 bits per heavy atom. The molecular formula is C21H19F6N5O5.